The SMILES string of the molecule is O=C(O)CC(NC(=O)OCC1c2ccccc2-c2ccccc21)C(=O)N1CCNCC1. The van der Waals surface area contributed by atoms with Gasteiger partial charge in [-0.2, -0.15) is 0 Å². The van der Waals surface area contributed by atoms with Crippen molar-refractivity contribution in [2.75, 3.05) is 32.8 Å². The van der Waals surface area contributed by atoms with E-state index in [-0.39, 0.29) is 12.5 Å². The second kappa shape index (κ2) is 9.18. The van der Waals surface area contributed by atoms with Crippen LogP contribution in [0.15, 0.2) is 48.5 Å². The second-order valence-corrected chi connectivity index (χ2v) is 7.70. The molecule has 162 valence electrons. The Hall–Kier alpha value is -3.39. The van der Waals surface area contributed by atoms with Gasteiger partial charge in [-0.25, -0.2) is 4.79 Å². The Bertz CT molecular complexity index is 941. The van der Waals surface area contributed by atoms with Crippen LogP contribution in [0.25, 0.3) is 11.1 Å². The number of aliphatic carboxylic acids is 1. The maximum absolute atomic E-state index is 12.7. The van der Waals surface area contributed by atoms with Crippen LogP contribution in [0.2, 0.25) is 0 Å². The maximum Gasteiger partial charge on any atom is 0.407 e. The molecular formula is C23H25N3O5. The van der Waals surface area contributed by atoms with Crippen LogP contribution in [0.1, 0.15) is 23.5 Å². The van der Waals surface area contributed by atoms with Gasteiger partial charge in [0.2, 0.25) is 5.91 Å². The summed E-state index contributed by atoms with van der Waals surface area (Å²) in [5.41, 5.74) is 4.39. The Morgan fingerprint density at radius 3 is 2.19 bits per heavy atom. The molecule has 8 nitrogen and oxygen atoms in total. The van der Waals surface area contributed by atoms with Crippen LogP contribution in [-0.4, -0.2) is 66.8 Å². The van der Waals surface area contributed by atoms with Crippen molar-refractivity contribution in [1.82, 2.24) is 15.5 Å². The highest BCUT2D eigenvalue weighted by atomic mass is 16.5. The molecule has 1 atom stereocenters. The van der Waals surface area contributed by atoms with Gasteiger partial charge in [-0.15, -0.1) is 0 Å². The molecule has 2 amide bonds. The average Bonchev–Trinajstić information content (AvgIpc) is 3.11. The minimum absolute atomic E-state index is 0.0987. The Kier molecular flexibility index (Phi) is 6.18. The van der Waals surface area contributed by atoms with E-state index < -0.39 is 30.4 Å². The summed E-state index contributed by atoms with van der Waals surface area (Å²) in [7, 11) is 0. The summed E-state index contributed by atoms with van der Waals surface area (Å²) in [6.07, 6.45) is -1.29. The van der Waals surface area contributed by atoms with E-state index in [9.17, 15) is 19.5 Å². The van der Waals surface area contributed by atoms with E-state index in [1.807, 2.05) is 48.5 Å². The lowest BCUT2D eigenvalue weighted by Crippen LogP contribution is -2.54. The molecule has 1 aliphatic carbocycles. The number of amides is 2. The maximum atomic E-state index is 12.7. The summed E-state index contributed by atoms with van der Waals surface area (Å²) >= 11 is 0. The number of fused-ring (bicyclic) bond motifs is 3. The molecule has 3 N–H and O–H groups in total. The number of carbonyl (C=O) groups is 3. The lowest BCUT2D eigenvalue weighted by molar-refractivity contribution is -0.142. The number of nitrogens with zero attached hydrogens (tertiary/aromatic N) is 1. The molecule has 8 heteroatoms. The smallest absolute Gasteiger partial charge is 0.407 e. The predicted molar refractivity (Wildman–Crippen MR) is 114 cm³/mol. The van der Waals surface area contributed by atoms with E-state index in [1.54, 1.807) is 4.90 Å². The number of hydrogen-bond acceptors (Lipinski definition) is 5. The quantitative estimate of drug-likeness (QED) is 0.654. The van der Waals surface area contributed by atoms with Gasteiger partial charge < -0.3 is 25.4 Å². The molecule has 0 spiro atoms. The fourth-order valence-electron chi connectivity index (χ4n) is 4.26. The van der Waals surface area contributed by atoms with Crippen LogP contribution in [0.4, 0.5) is 4.79 Å². The molecule has 0 radical (unpaired) electrons. The number of carboxylic acid groups (broad SMARTS) is 1. The summed E-state index contributed by atoms with van der Waals surface area (Å²) in [6, 6.07) is 14.8. The molecule has 4 rings (SSSR count). The molecule has 1 heterocycles. The molecule has 0 saturated carbocycles. The van der Waals surface area contributed by atoms with Crippen molar-refractivity contribution in [2.24, 2.45) is 0 Å². The first kappa shape index (κ1) is 20.9. The highest BCUT2D eigenvalue weighted by Gasteiger charge is 2.31. The number of benzene rings is 2. The van der Waals surface area contributed by atoms with Crippen molar-refractivity contribution in [3.05, 3.63) is 59.7 Å². The third kappa shape index (κ3) is 4.54. The van der Waals surface area contributed by atoms with Gasteiger partial charge in [-0.1, -0.05) is 48.5 Å². The van der Waals surface area contributed by atoms with Crippen molar-refractivity contribution in [2.45, 2.75) is 18.4 Å². The molecule has 0 aromatic heterocycles. The predicted octanol–water partition coefficient (Wildman–Crippen LogP) is 1.80. The van der Waals surface area contributed by atoms with E-state index in [0.29, 0.717) is 26.2 Å². The third-order valence-electron chi connectivity index (χ3n) is 5.74. The zero-order chi connectivity index (χ0) is 21.8. The van der Waals surface area contributed by atoms with Crippen molar-refractivity contribution in [1.29, 1.82) is 0 Å². The topological polar surface area (TPSA) is 108 Å². The van der Waals surface area contributed by atoms with Crippen LogP contribution < -0.4 is 10.6 Å². The highest BCUT2D eigenvalue weighted by molar-refractivity contribution is 5.89. The Morgan fingerprint density at radius 1 is 1.03 bits per heavy atom. The molecule has 2 aliphatic rings. The molecule has 0 bridgehead atoms. The number of carbonyl (C=O) groups excluding carboxylic acids is 2. The highest BCUT2D eigenvalue weighted by Crippen LogP contribution is 2.44. The van der Waals surface area contributed by atoms with Crippen molar-refractivity contribution < 1.29 is 24.2 Å². The van der Waals surface area contributed by atoms with Crippen molar-refractivity contribution >= 4 is 18.0 Å². The standard InChI is InChI=1S/C23H25N3O5/c27-21(28)13-20(22(29)26-11-9-24-10-12-26)25-23(30)31-14-19-17-7-3-1-5-15(17)16-6-2-4-8-18(16)19/h1-8,19-20,24H,9-14H2,(H,25,30)(H,27,28). The second-order valence-electron chi connectivity index (χ2n) is 7.70. The number of rotatable bonds is 6. The summed E-state index contributed by atoms with van der Waals surface area (Å²) in [4.78, 5) is 38.0. The summed E-state index contributed by atoms with van der Waals surface area (Å²) in [5.74, 6) is -1.68. The van der Waals surface area contributed by atoms with Crippen LogP contribution in [-0.2, 0) is 14.3 Å². The molecule has 31 heavy (non-hydrogen) atoms. The lowest BCUT2D eigenvalue weighted by Gasteiger charge is -2.30. The van der Waals surface area contributed by atoms with E-state index in [4.69, 9.17) is 4.74 Å². The van der Waals surface area contributed by atoms with Gasteiger partial charge in [0.25, 0.3) is 0 Å². The van der Waals surface area contributed by atoms with Crippen LogP contribution in [0.3, 0.4) is 0 Å². The first-order chi connectivity index (χ1) is 15.0. The van der Waals surface area contributed by atoms with Crippen LogP contribution in [0, 0.1) is 0 Å². The monoisotopic (exact) mass is 423 g/mol. The third-order valence-corrected chi connectivity index (χ3v) is 5.74. The minimum Gasteiger partial charge on any atom is -0.481 e. The Balaban J connectivity index is 1.43. The summed E-state index contributed by atoms with van der Waals surface area (Å²) < 4.78 is 5.46. The number of alkyl carbamates (subject to hydrolysis) is 1. The van der Waals surface area contributed by atoms with E-state index in [2.05, 4.69) is 10.6 Å². The van der Waals surface area contributed by atoms with E-state index in [0.717, 1.165) is 22.3 Å². The average molecular weight is 423 g/mol. The first-order valence-corrected chi connectivity index (χ1v) is 10.4. The van der Waals surface area contributed by atoms with Crippen molar-refractivity contribution in [3.8, 4) is 11.1 Å². The fourth-order valence-corrected chi connectivity index (χ4v) is 4.26. The van der Waals surface area contributed by atoms with Gasteiger partial charge in [0.15, 0.2) is 0 Å². The first-order valence-electron chi connectivity index (χ1n) is 10.4. The van der Waals surface area contributed by atoms with Gasteiger partial charge in [-0.05, 0) is 22.3 Å². The number of hydrogen-bond donors (Lipinski definition) is 3. The zero-order valence-corrected chi connectivity index (χ0v) is 17.0. The van der Waals surface area contributed by atoms with Crippen LogP contribution in [0.5, 0.6) is 0 Å². The zero-order valence-electron chi connectivity index (χ0n) is 17.0. The molecule has 2 aromatic carbocycles. The molecule has 1 aliphatic heterocycles. The van der Waals surface area contributed by atoms with Crippen molar-refractivity contribution in [3.63, 3.8) is 0 Å². The van der Waals surface area contributed by atoms with Gasteiger partial charge >= 0.3 is 12.1 Å². The fraction of sp³-hybridized carbons (Fsp3) is 0.348. The largest absolute Gasteiger partial charge is 0.481 e. The number of piperazine rings is 1. The molecule has 1 fully saturated rings. The number of ether oxygens (including phenoxy) is 1. The normalized spacial score (nSPS) is 16.2. The molecule has 1 unspecified atom stereocenters. The van der Waals surface area contributed by atoms with Gasteiger partial charge in [0.1, 0.15) is 12.6 Å². The summed E-state index contributed by atoms with van der Waals surface area (Å²) in [5, 5.41) is 14.8. The minimum atomic E-state index is -1.16. The Labute approximate surface area is 180 Å². The number of nitrogens with one attached hydrogen (secondary N) is 2. The van der Waals surface area contributed by atoms with Gasteiger partial charge in [-0.3, -0.25) is 9.59 Å². The van der Waals surface area contributed by atoms with Gasteiger partial charge in [0, 0.05) is 32.1 Å². The lowest BCUT2D eigenvalue weighted by atomic mass is 9.98. The number of carboxylic acids is 1. The molecular weight excluding hydrogens is 398 g/mol. The van der Waals surface area contributed by atoms with E-state index >= 15 is 0 Å². The molecule has 2 aromatic rings. The molecule has 1 saturated heterocycles. The van der Waals surface area contributed by atoms with E-state index in [1.165, 1.54) is 0 Å². The Morgan fingerprint density at radius 2 is 1.61 bits per heavy atom. The summed E-state index contributed by atoms with van der Waals surface area (Å²) in [6.45, 7) is 2.32. The van der Waals surface area contributed by atoms with Gasteiger partial charge in [0.05, 0.1) is 6.42 Å². The van der Waals surface area contributed by atoms with Crippen LogP contribution >= 0.6 is 0 Å².